The lowest BCUT2D eigenvalue weighted by atomic mass is 10.2. The van der Waals surface area contributed by atoms with Crippen LogP contribution in [-0.4, -0.2) is 55.3 Å². The summed E-state index contributed by atoms with van der Waals surface area (Å²) in [6, 6.07) is 10.2. The van der Waals surface area contributed by atoms with Gasteiger partial charge in [-0.3, -0.25) is 19.3 Å². The number of amides is 3. The second kappa shape index (κ2) is 11.7. The van der Waals surface area contributed by atoms with E-state index in [4.69, 9.17) is 9.47 Å². The van der Waals surface area contributed by atoms with Crippen molar-refractivity contribution in [2.75, 3.05) is 32.7 Å². The van der Waals surface area contributed by atoms with Crippen LogP contribution in [0.2, 0.25) is 0 Å². The Hall–Kier alpha value is -2.58. The van der Waals surface area contributed by atoms with E-state index in [0.29, 0.717) is 26.3 Å². The minimum Gasteiger partial charge on any atom is -0.493 e. The highest BCUT2D eigenvalue weighted by atomic mass is 127. The van der Waals surface area contributed by atoms with Crippen LogP contribution >= 0.6 is 50.3 Å². The number of nitrogens with one attached hydrogen (secondary N) is 1. The van der Waals surface area contributed by atoms with E-state index in [2.05, 4.69) is 26.0 Å². The molecule has 0 radical (unpaired) electrons. The average Bonchev–Trinajstić information content (AvgIpc) is 3.06. The van der Waals surface area contributed by atoms with Crippen molar-refractivity contribution in [2.45, 2.75) is 0 Å². The Morgan fingerprint density at radius 1 is 1.18 bits per heavy atom. The Morgan fingerprint density at radius 3 is 2.53 bits per heavy atom. The molecule has 2 aromatic carbocycles. The molecule has 178 valence electrons. The second-order valence-corrected chi connectivity index (χ2v) is 9.79. The molecule has 0 unspecified atom stereocenters. The molecule has 1 aliphatic heterocycles. The molecule has 34 heavy (non-hydrogen) atoms. The Labute approximate surface area is 221 Å². The van der Waals surface area contributed by atoms with Crippen molar-refractivity contribution in [3.63, 3.8) is 0 Å². The van der Waals surface area contributed by atoms with Gasteiger partial charge in [-0.2, -0.15) is 0 Å². The van der Waals surface area contributed by atoms with E-state index in [9.17, 15) is 19.2 Å². The molecule has 2 aromatic rings. The van der Waals surface area contributed by atoms with Crippen LogP contribution in [0.25, 0.3) is 6.08 Å². The summed E-state index contributed by atoms with van der Waals surface area (Å²) in [5, 5.41) is 2.12. The highest BCUT2D eigenvalue weighted by Gasteiger charge is 2.36. The van der Waals surface area contributed by atoms with Crippen molar-refractivity contribution < 1.29 is 33.4 Å². The number of hydrogen-bond acceptors (Lipinski definition) is 8. The zero-order chi connectivity index (χ0) is 24.8. The van der Waals surface area contributed by atoms with Gasteiger partial charge in [0.1, 0.15) is 6.54 Å². The van der Waals surface area contributed by atoms with Crippen LogP contribution in [0.15, 0.2) is 45.8 Å². The largest absolute Gasteiger partial charge is 0.493 e. The molecule has 0 bridgehead atoms. The molecule has 0 atom stereocenters. The Balaban J connectivity index is 1.73. The zero-order valence-corrected chi connectivity index (χ0v) is 22.5. The lowest BCUT2D eigenvalue weighted by Crippen LogP contribution is -2.36. The third kappa shape index (κ3) is 6.51. The van der Waals surface area contributed by atoms with Crippen LogP contribution in [0.5, 0.6) is 11.5 Å². The Bertz CT molecular complexity index is 1170. The molecule has 3 amide bonds. The maximum atomic E-state index is 12.8. The summed E-state index contributed by atoms with van der Waals surface area (Å²) in [4.78, 5) is 50.0. The van der Waals surface area contributed by atoms with E-state index in [-0.39, 0.29) is 11.5 Å². The third-order valence-electron chi connectivity index (χ3n) is 4.41. The fourth-order valence-corrected chi connectivity index (χ4v) is 4.70. The van der Waals surface area contributed by atoms with Crippen molar-refractivity contribution >= 4 is 85.1 Å². The van der Waals surface area contributed by atoms with Gasteiger partial charge in [-0.1, -0.05) is 15.9 Å². The van der Waals surface area contributed by atoms with Crippen LogP contribution in [0.3, 0.4) is 0 Å². The van der Waals surface area contributed by atoms with Crippen LogP contribution in [-0.2, 0) is 19.1 Å². The van der Waals surface area contributed by atoms with E-state index >= 15 is 0 Å². The van der Waals surface area contributed by atoms with E-state index < -0.39 is 29.6 Å². The number of benzene rings is 2. The Morgan fingerprint density at radius 2 is 1.88 bits per heavy atom. The summed E-state index contributed by atoms with van der Waals surface area (Å²) < 4.78 is 16.9. The minimum atomic E-state index is -0.569. The minimum absolute atomic E-state index is 0.169. The highest BCUT2D eigenvalue weighted by Crippen LogP contribution is 2.37. The number of carbonyl (C=O) groups excluding carboxylic acids is 4. The summed E-state index contributed by atoms with van der Waals surface area (Å²) in [5.41, 5.74) is 1.13. The molecule has 3 rings (SSSR count). The van der Waals surface area contributed by atoms with Gasteiger partial charge in [0.15, 0.2) is 18.1 Å². The summed E-state index contributed by atoms with van der Waals surface area (Å²) >= 11 is 6.07. The van der Waals surface area contributed by atoms with Gasteiger partial charge < -0.3 is 19.5 Å². The molecule has 1 N–H and O–H groups in total. The van der Waals surface area contributed by atoms with Crippen LogP contribution < -0.4 is 14.8 Å². The van der Waals surface area contributed by atoms with Crippen molar-refractivity contribution in [1.29, 1.82) is 0 Å². The summed E-state index contributed by atoms with van der Waals surface area (Å²) in [6.45, 7) is -0.692. The van der Waals surface area contributed by atoms with Gasteiger partial charge in [-0.25, -0.2) is 4.79 Å². The van der Waals surface area contributed by atoms with Crippen molar-refractivity contribution in [1.82, 2.24) is 4.90 Å². The number of ether oxygens (including phenoxy) is 3. The SMILES string of the molecule is COC(=O)COc1c(I)cc(/C=C2\SC(=O)N(CC(=O)Nc3ccc(Br)cc3)C2=O)cc1OC. The average molecular weight is 661 g/mol. The number of halogens is 2. The van der Waals surface area contributed by atoms with Crippen molar-refractivity contribution in [2.24, 2.45) is 0 Å². The number of esters is 1. The van der Waals surface area contributed by atoms with Crippen molar-refractivity contribution in [3.8, 4) is 11.5 Å². The van der Waals surface area contributed by atoms with Crippen molar-refractivity contribution in [3.05, 3.63) is 54.9 Å². The van der Waals surface area contributed by atoms with Gasteiger partial charge >= 0.3 is 5.97 Å². The highest BCUT2D eigenvalue weighted by molar-refractivity contribution is 14.1. The summed E-state index contributed by atoms with van der Waals surface area (Å²) in [6.07, 6.45) is 1.53. The van der Waals surface area contributed by atoms with Gasteiger partial charge in [0, 0.05) is 10.2 Å². The zero-order valence-electron chi connectivity index (χ0n) is 17.9. The maximum absolute atomic E-state index is 12.8. The molecule has 12 heteroatoms. The first kappa shape index (κ1) is 26.0. The monoisotopic (exact) mass is 660 g/mol. The van der Waals surface area contributed by atoms with E-state index in [0.717, 1.165) is 21.1 Å². The normalized spacial score (nSPS) is 14.4. The van der Waals surface area contributed by atoms with E-state index in [1.807, 2.05) is 22.6 Å². The quantitative estimate of drug-likeness (QED) is 0.254. The Kier molecular flexibility index (Phi) is 8.97. The number of rotatable bonds is 8. The second-order valence-electron chi connectivity index (χ2n) is 6.72. The number of imide groups is 1. The number of nitrogens with zero attached hydrogens (tertiary/aromatic N) is 1. The fraction of sp³-hybridized carbons (Fsp3) is 0.182. The molecular weight excluding hydrogens is 643 g/mol. The van der Waals surface area contributed by atoms with E-state index in [1.165, 1.54) is 20.3 Å². The lowest BCUT2D eigenvalue weighted by molar-refractivity contribution is -0.143. The molecule has 1 fully saturated rings. The molecule has 1 heterocycles. The molecule has 0 saturated carbocycles. The molecule has 0 aliphatic carbocycles. The molecule has 9 nitrogen and oxygen atoms in total. The molecule has 1 saturated heterocycles. The standard InChI is InChI=1S/C22H18BrIN2O7S/c1-31-16-8-12(7-15(24)20(16)33-11-19(28)32-2)9-17-21(29)26(22(30)34-17)10-18(27)25-14-5-3-13(23)4-6-14/h3-9H,10-11H2,1-2H3,(H,25,27)/b17-9-. The molecule has 0 spiro atoms. The molecule has 0 aromatic heterocycles. The molecule has 1 aliphatic rings. The predicted molar refractivity (Wildman–Crippen MR) is 139 cm³/mol. The maximum Gasteiger partial charge on any atom is 0.343 e. The van der Waals surface area contributed by atoms with Crippen LogP contribution in [0, 0.1) is 3.57 Å². The fourth-order valence-electron chi connectivity index (χ4n) is 2.82. The van der Waals surface area contributed by atoms with Crippen LogP contribution in [0.4, 0.5) is 10.5 Å². The number of methoxy groups -OCH3 is 2. The number of carbonyl (C=O) groups is 4. The summed E-state index contributed by atoms with van der Waals surface area (Å²) in [7, 11) is 2.70. The summed E-state index contributed by atoms with van der Waals surface area (Å²) in [5.74, 6) is -0.909. The van der Waals surface area contributed by atoms with Gasteiger partial charge in [-0.15, -0.1) is 0 Å². The first-order valence-electron chi connectivity index (χ1n) is 9.59. The predicted octanol–water partition coefficient (Wildman–Crippen LogP) is 4.29. The molecular formula is C22H18BrIN2O7S. The van der Waals surface area contributed by atoms with Gasteiger partial charge in [0.25, 0.3) is 11.1 Å². The number of anilines is 1. The van der Waals surface area contributed by atoms with Gasteiger partial charge in [0.2, 0.25) is 5.91 Å². The number of hydrogen-bond donors (Lipinski definition) is 1. The first-order chi connectivity index (χ1) is 16.2. The smallest absolute Gasteiger partial charge is 0.343 e. The lowest BCUT2D eigenvalue weighted by Gasteiger charge is -2.13. The third-order valence-corrected chi connectivity index (χ3v) is 6.65. The topological polar surface area (TPSA) is 111 Å². The number of thioether (sulfide) groups is 1. The first-order valence-corrected chi connectivity index (χ1v) is 12.3. The van der Waals surface area contributed by atoms with Gasteiger partial charge in [0.05, 0.1) is 22.7 Å². The van der Waals surface area contributed by atoms with Crippen LogP contribution in [0.1, 0.15) is 5.56 Å². The van der Waals surface area contributed by atoms with Gasteiger partial charge in [-0.05, 0) is 82.4 Å². The van der Waals surface area contributed by atoms with E-state index in [1.54, 1.807) is 36.4 Å².